The lowest BCUT2D eigenvalue weighted by atomic mass is 9.96. The van der Waals surface area contributed by atoms with Crippen LogP contribution in [0.2, 0.25) is 0 Å². The zero-order valence-electron chi connectivity index (χ0n) is 17.2. The second-order valence-electron chi connectivity index (χ2n) is 6.72. The van der Waals surface area contributed by atoms with Crippen molar-refractivity contribution in [1.29, 1.82) is 0 Å². The zero-order chi connectivity index (χ0) is 20.3. The average molecular weight is 390 g/mol. The highest BCUT2D eigenvalue weighted by molar-refractivity contribution is 5.67. The predicted octanol–water partition coefficient (Wildman–Crippen LogP) is 2.22. The van der Waals surface area contributed by atoms with Crippen LogP contribution in [0.5, 0.6) is 0 Å². The third-order valence-corrected chi connectivity index (χ3v) is 4.19. The molecule has 8 nitrogen and oxygen atoms in total. The molecule has 0 amide bonds. The monoisotopic (exact) mass is 390 g/mol. The summed E-state index contributed by atoms with van der Waals surface area (Å²) in [5, 5.41) is 0. The fourth-order valence-electron chi connectivity index (χ4n) is 2.98. The first-order valence-corrected chi connectivity index (χ1v) is 9.60. The number of unbranched alkanes of at least 4 members (excludes halogenated alkanes) is 2. The van der Waals surface area contributed by atoms with Gasteiger partial charge in [0.15, 0.2) is 6.10 Å². The van der Waals surface area contributed by atoms with Gasteiger partial charge >= 0.3 is 11.9 Å². The fourth-order valence-corrected chi connectivity index (χ4v) is 2.98. The minimum atomic E-state index is -1.08. The summed E-state index contributed by atoms with van der Waals surface area (Å²) in [6, 6.07) is 0. The summed E-state index contributed by atoms with van der Waals surface area (Å²) in [6.45, 7) is 8.02. The van der Waals surface area contributed by atoms with E-state index in [0.29, 0.717) is 13.2 Å². The van der Waals surface area contributed by atoms with Crippen LogP contribution in [0.3, 0.4) is 0 Å². The molecule has 0 saturated carbocycles. The number of hydrogen-bond acceptors (Lipinski definition) is 8. The maximum absolute atomic E-state index is 11.6. The van der Waals surface area contributed by atoms with Crippen molar-refractivity contribution >= 4 is 11.9 Å². The third kappa shape index (κ3) is 7.37. The van der Waals surface area contributed by atoms with Crippen molar-refractivity contribution in [2.24, 2.45) is 0 Å². The van der Waals surface area contributed by atoms with Crippen molar-refractivity contribution in [1.82, 2.24) is 0 Å². The van der Waals surface area contributed by atoms with Gasteiger partial charge in [0.05, 0.1) is 13.2 Å². The van der Waals surface area contributed by atoms with Gasteiger partial charge in [0.1, 0.15) is 11.7 Å². The average Bonchev–Trinajstić information content (AvgIpc) is 2.85. The lowest BCUT2D eigenvalue weighted by molar-refractivity contribution is -0.219. The summed E-state index contributed by atoms with van der Waals surface area (Å²) in [6.07, 6.45) is 1.03. The largest absolute Gasteiger partial charge is 0.453 e. The van der Waals surface area contributed by atoms with E-state index in [2.05, 4.69) is 13.8 Å². The van der Waals surface area contributed by atoms with Gasteiger partial charge in [-0.2, -0.15) is 0 Å². The molecule has 1 rings (SSSR count). The Bertz CT molecular complexity index is 455. The van der Waals surface area contributed by atoms with E-state index < -0.39 is 36.0 Å². The first kappa shape index (κ1) is 23.8. The van der Waals surface area contributed by atoms with E-state index in [1.807, 2.05) is 0 Å². The molecule has 0 aromatic rings. The fraction of sp³-hybridized carbons (Fsp3) is 0.895. The number of carbonyl (C=O) groups excluding carboxylic acids is 2. The van der Waals surface area contributed by atoms with Gasteiger partial charge in [-0.05, 0) is 12.8 Å². The molecule has 0 aliphatic carbocycles. The molecule has 4 atom stereocenters. The molecule has 1 saturated heterocycles. The van der Waals surface area contributed by atoms with Crippen LogP contribution in [0.4, 0.5) is 0 Å². The number of ether oxygens (including phenoxy) is 6. The second kappa shape index (κ2) is 12.3. The Balaban J connectivity index is 3.09. The summed E-state index contributed by atoms with van der Waals surface area (Å²) < 4.78 is 33.9. The topological polar surface area (TPSA) is 89.5 Å². The van der Waals surface area contributed by atoms with E-state index in [-0.39, 0.29) is 13.2 Å². The summed E-state index contributed by atoms with van der Waals surface area (Å²) in [4.78, 5) is 23.2. The number of esters is 2. The Morgan fingerprint density at radius 2 is 1.59 bits per heavy atom. The maximum atomic E-state index is 11.6. The van der Waals surface area contributed by atoms with E-state index in [9.17, 15) is 9.59 Å². The highest BCUT2D eigenvalue weighted by Gasteiger charge is 2.59. The van der Waals surface area contributed by atoms with Gasteiger partial charge in [-0.15, -0.1) is 0 Å². The molecule has 0 N–H and O–H groups in total. The molecule has 1 aliphatic heterocycles. The van der Waals surface area contributed by atoms with E-state index >= 15 is 0 Å². The van der Waals surface area contributed by atoms with Crippen LogP contribution < -0.4 is 0 Å². The quantitative estimate of drug-likeness (QED) is 0.349. The van der Waals surface area contributed by atoms with Crippen molar-refractivity contribution in [3.63, 3.8) is 0 Å². The van der Waals surface area contributed by atoms with Gasteiger partial charge in [0.25, 0.3) is 0 Å². The van der Waals surface area contributed by atoms with Crippen molar-refractivity contribution in [2.45, 2.75) is 77.5 Å². The Morgan fingerprint density at radius 3 is 2.15 bits per heavy atom. The van der Waals surface area contributed by atoms with Crippen LogP contribution in [-0.2, 0) is 38.0 Å². The van der Waals surface area contributed by atoms with Crippen molar-refractivity contribution in [3.05, 3.63) is 0 Å². The number of carbonyl (C=O) groups is 2. The molecule has 0 bridgehead atoms. The zero-order valence-corrected chi connectivity index (χ0v) is 17.2. The summed E-state index contributed by atoms with van der Waals surface area (Å²) in [5.74, 6) is -1.05. The molecule has 1 heterocycles. The predicted molar refractivity (Wildman–Crippen MR) is 97.2 cm³/mol. The van der Waals surface area contributed by atoms with Gasteiger partial charge < -0.3 is 28.4 Å². The molecule has 0 radical (unpaired) electrons. The Kier molecular flexibility index (Phi) is 10.8. The molecule has 1 fully saturated rings. The molecular formula is C19H34O8. The van der Waals surface area contributed by atoms with Crippen LogP contribution in [0.15, 0.2) is 0 Å². The minimum absolute atomic E-state index is 0.144. The molecule has 0 aromatic carbocycles. The van der Waals surface area contributed by atoms with Crippen LogP contribution in [-0.4, -0.2) is 69.6 Å². The van der Waals surface area contributed by atoms with Crippen LogP contribution in [0.1, 0.15) is 53.4 Å². The molecule has 0 spiro atoms. The summed E-state index contributed by atoms with van der Waals surface area (Å²) in [5.41, 5.74) is -1.05. The number of hydrogen-bond donors (Lipinski definition) is 0. The lowest BCUT2D eigenvalue weighted by Gasteiger charge is -2.33. The Morgan fingerprint density at radius 1 is 0.963 bits per heavy atom. The van der Waals surface area contributed by atoms with E-state index in [0.717, 1.165) is 25.7 Å². The summed E-state index contributed by atoms with van der Waals surface area (Å²) >= 11 is 0. The van der Waals surface area contributed by atoms with Crippen LogP contribution in [0, 0.1) is 0 Å². The van der Waals surface area contributed by atoms with Gasteiger partial charge in [0.2, 0.25) is 6.29 Å². The highest BCUT2D eigenvalue weighted by atomic mass is 16.8. The SMILES string of the molecule is CCCCOC[C@@]1(COC)OC(OC(C)=O)[C@@H](OC(C)=O)C1OCCCC. The molecule has 0 aromatic heterocycles. The van der Waals surface area contributed by atoms with Crippen molar-refractivity contribution in [3.8, 4) is 0 Å². The number of rotatable bonds is 13. The lowest BCUT2D eigenvalue weighted by Crippen LogP contribution is -2.52. The first-order chi connectivity index (χ1) is 12.9. The van der Waals surface area contributed by atoms with Gasteiger partial charge in [-0.1, -0.05) is 26.7 Å². The van der Waals surface area contributed by atoms with E-state index in [1.165, 1.54) is 13.8 Å². The minimum Gasteiger partial charge on any atom is -0.453 e. The third-order valence-electron chi connectivity index (χ3n) is 4.19. The Hall–Kier alpha value is -1.22. The van der Waals surface area contributed by atoms with Crippen molar-refractivity contribution in [2.75, 3.05) is 33.5 Å². The van der Waals surface area contributed by atoms with E-state index in [1.54, 1.807) is 7.11 Å². The highest BCUT2D eigenvalue weighted by Crippen LogP contribution is 2.37. The van der Waals surface area contributed by atoms with Gasteiger partial charge in [-0.25, -0.2) is 0 Å². The van der Waals surface area contributed by atoms with Gasteiger partial charge in [0, 0.05) is 34.2 Å². The molecule has 158 valence electrons. The Labute approximate surface area is 161 Å². The second-order valence-corrected chi connectivity index (χ2v) is 6.72. The maximum Gasteiger partial charge on any atom is 0.305 e. The first-order valence-electron chi connectivity index (χ1n) is 9.60. The van der Waals surface area contributed by atoms with Gasteiger partial charge in [-0.3, -0.25) is 9.59 Å². The molecule has 1 aliphatic rings. The standard InChI is InChI=1S/C19H34O8/c1-6-8-10-23-13-19(12-22-5)17(24-11-9-7-2)16(25-14(3)20)18(27-19)26-15(4)21/h16-18H,6-13H2,1-5H3/t16-,17?,18?,19+/m0/s1. The van der Waals surface area contributed by atoms with E-state index in [4.69, 9.17) is 28.4 Å². The van der Waals surface area contributed by atoms with Crippen LogP contribution >= 0.6 is 0 Å². The molecule has 8 heteroatoms. The molecule has 27 heavy (non-hydrogen) atoms. The summed E-state index contributed by atoms with van der Waals surface area (Å²) in [7, 11) is 1.54. The smallest absolute Gasteiger partial charge is 0.305 e. The molecular weight excluding hydrogens is 356 g/mol. The van der Waals surface area contributed by atoms with Crippen molar-refractivity contribution < 1.29 is 38.0 Å². The number of methoxy groups -OCH3 is 1. The van der Waals surface area contributed by atoms with Crippen LogP contribution in [0.25, 0.3) is 0 Å². The normalized spacial score (nSPS) is 27.5. The molecule has 2 unspecified atom stereocenters.